The van der Waals surface area contributed by atoms with Crippen LogP contribution in [0.3, 0.4) is 0 Å². The molecule has 0 heterocycles. The van der Waals surface area contributed by atoms with Crippen LogP contribution >= 0.6 is 0 Å². The molecule has 160 valence electrons. The van der Waals surface area contributed by atoms with Crippen LogP contribution < -0.4 is 0 Å². The molecule has 1 unspecified atom stereocenters. The summed E-state index contributed by atoms with van der Waals surface area (Å²) in [5, 5.41) is 0. The van der Waals surface area contributed by atoms with Crippen LogP contribution in [-0.2, 0) is 0 Å². The highest BCUT2D eigenvalue weighted by atomic mass is 14.3. The Bertz CT molecular complexity index is 707. The fourth-order valence-electron chi connectivity index (χ4n) is 3.45. The zero-order valence-corrected chi connectivity index (χ0v) is 20.2. The highest BCUT2D eigenvalue weighted by Crippen LogP contribution is 2.43. The van der Waals surface area contributed by atoms with Gasteiger partial charge in [0.15, 0.2) is 0 Å². The molecule has 0 aliphatic heterocycles. The van der Waals surface area contributed by atoms with Gasteiger partial charge in [-0.1, -0.05) is 88.8 Å². The Morgan fingerprint density at radius 3 is 2.10 bits per heavy atom. The largest absolute Gasteiger partial charge is 0.106 e. The summed E-state index contributed by atoms with van der Waals surface area (Å²) in [5.41, 5.74) is 8.40. The van der Waals surface area contributed by atoms with E-state index in [1.54, 1.807) is 0 Å². The molecule has 0 amide bonds. The topological polar surface area (TPSA) is 0 Å². The van der Waals surface area contributed by atoms with Gasteiger partial charge in [-0.15, -0.1) is 32.9 Å². The zero-order valence-electron chi connectivity index (χ0n) is 20.2. The van der Waals surface area contributed by atoms with Crippen LogP contribution in [0.1, 0.15) is 78.4 Å². The molecule has 1 aliphatic carbocycles. The molecule has 0 spiro atoms. The van der Waals surface area contributed by atoms with Crippen LogP contribution in [0.25, 0.3) is 5.57 Å². The Balaban J connectivity index is 0. The van der Waals surface area contributed by atoms with Crippen molar-refractivity contribution in [3.63, 3.8) is 0 Å². The molecular weight excluding hydrogens is 348 g/mol. The molecule has 1 atom stereocenters. The molecule has 0 aromatic heterocycles. The Hall–Kier alpha value is -2.34. The van der Waals surface area contributed by atoms with Gasteiger partial charge in [-0.25, -0.2) is 0 Å². The van der Waals surface area contributed by atoms with Crippen LogP contribution in [0.4, 0.5) is 0 Å². The van der Waals surface area contributed by atoms with Gasteiger partial charge in [-0.05, 0) is 54.4 Å². The van der Waals surface area contributed by atoms with Gasteiger partial charge in [-0.2, -0.15) is 0 Å². The van der Waals surface area contributed by atoms with Crippen LogP contribution in [0.15, 0.2) is 92.6 Å². The molecule has 0 fully saturated rings. The molecule has 29 heavy (non-hydrogen) atoms. The lowest BCUT2D eigenvalue weighted by molar-refractivity contribution is 0.452. The molecule has 1 aromatic rings. The first kappa shape index (κ1) is 28.9. The first-order valence-corrected chi connectivity index (χ1v) is 10.6. The summed E-state index contributed by atoms with van der Waals surface area (Å²) in [6, 6.07) is 8.69. The summed E-state index contributed by atoms with van der Waals surface area (Å²) in [4.78, 5) is 0. The summed E-state index contributed by atoms with van der Waals surface area (Å²) in [5.74, 6) is 0.461. The van der Waals surface area contributed by atoms with E-state index in [9.17, 15) is 0 Å². The van der Waals surface area contributed by atoms with Crippen LogP contribution in [0, 0.1) is 5.41 Å². The fraction of sp³-hybridized carbons (Fsp3) is 0.379. The highest BCUT2D eigenvalue weighted by molar-refractivity contribution is 5.82. The van der Waals surface area contributed by atoms with Crippen LogP contribution in [0.5, 0.6) is 0 Å². The fourth-order valence-corrected chi connectivity index (χ4v) is 3.45. The molecule has 0 N–H and O–H groups in total. The second-order valence-corrected chi connectivity index (χ2v) is 7.41. The molecule has 1 aromatic carbocycles. The van der Waals surface area contributed by atoms with Gasteiger partial charge in [0, 0.05) is 5.92 Å². The maximum Gasteiger partial charge on any atom is 0.00350 e. The summed E-state index contributed by atoms with van der Waals surface area (Å²) < 4.78 is 0. The molecule has 0 heteroatoms. The van der Waals surface area contributed by atoms with Crippen molar-refractivity contribution >= 4 is 5.57 Å². The Morgan fingerprint density at radius 1 is 1.07 bits per heavy atom. The van der Waals surface area contributed by atoms with Gasteiger partial charge in [0.1, 0.15) is 0 Å². The summed E-state index contributed by atoms with van der Waals surface area (Å²) in [6.45, 7) is 35.6. The third kappa shape index (κ3) is 7.54. The van der Waals surface area contributed by atoms with E-state index in [2.05, 4.69) is 104 Å². The van der Waals surface area contributed by atoms with E-state index >= 15 is 0 Å². The third-order valence-corrected chi connectivity index (χ3v) is 5.56. The average Bonchev–Trinajstić information content (AvgIpc) is 2.76. The lowest BCUT2D eigenvalue weighted by atomic mass is 9.75. The standard InChI is InChI=1S/C23H30.C2H6.2C2H4/c1-8-15-23(6,7)16(2)13-14-20-17(3)18(4)21-11-9-10-12-22(21)19(20)5;3*1-2/h8-13,19H,1,4,14-15H2,2-3,5-7H3;1-2H3;2*1-2H2/b16-13+;;;. The molecule has 2 rings (SSSR count). The van der Waals surface area contributed by atoms with Crippen molar-refractivity contribution in [1.82, 2.24) is 0 Å². The highest BCUT2D eigenvalue weighted by Gasteiger charge is 2.25. The van der Waals surface area contributed by atoms with Crippen molar-refractivity contribution in [3.8, 4) is 0 Å². The lowest BCUT2D eigenvalue weighted by Gasteiger charge is -2.30. The van der Waals surface area contributed by atoms with Gasteiger partial charge in [0.05, 0.1) is 0 Å². The predicted octanol–water partition coefficient (Wildman–Crippen LogP) is 9.70. The number of rotatable bonds is 5. The number of hydrogen-bond donors (Lipinski definition) is 0. The van der Waals surface area contributed by atoms with Gasteiger partial charge in [0.2, 0.25) is 0 Å². The summed E-state index contributed by atoms with van der Waals surface area (Å²) >= 11 is 0. The minimum absolute atomic E-state index is 0.184. The van der Waals surface area contributed by atoms with E-state index in [-0.39, 0.29) is 5.41 Å². The monoisotopic (exact) mass is 392 g/mol. The number of benzene rings is 1. The van der Waals surface area contributed by atoms with Crippen molar-refractivity contribution in [2.45, 2.75) is 67.2 Å². The van der Waals surface area contributed by atoms with E-state index in [0.717, 1.165) is 12.8 Å². The van der Waals surface area contributed by atoms with E-state index in [1.165, 1.54) is 33.4 Å². The smallest absolute Gasteiger partial charge is 0.00350 e. The van der Waals surface area contributed by atoms with Gasteiger partial charge >= 0.3 is 0 Å². The minimum Gasteiger partial charge on any atom is -0.106 e. The quantitative estimate of drug-likeness (QED) is 0.437. The van der Waals surface area contributed by atoms with Crippen molar-refractivity contribution in [2.24, 2.45) is 5.41 Å². The van der Waals surface area contributed by atoms with Crippen LogP contribution in [-0.4, -0.2) is 0 Å². The lowest BCUT2D eigenvalue weighted by Crippen LogP contribution is -2.13. The molecule has 0 nitrogen and oxygen atoms in total. The molecule has 0 saturated heterocycles. The average molecular weight is 393 g/mol. The van der Waals surface area contributed by atoms with Crippen molar-refractivity contribution in [3.05, 3.63) is 104 Å². The normalized spacial score (nSPS) is 15.5. The first-order valence-electron chi connectivity index (χ1n) is 10.6. The Kier molecular flexibility index (Phi) is 14.6. The maximum absolute atomic E-state index is 4.33. The van der Waals surface area contributed by atoms with E-state index in [1.807, 2.05) is 19.9 Å². The van der Waals surface area contributed by atoms with Crippen molar-refractivity contribution in [2.75, 3.05) is 0 Å². The van der Waals surface area contributed by atoms with E-state index < -0.39 is 0 Å². The molecule has 0 saturated carbocycles. The van der Waals surface area contributed by atoms with Gasteiger partial charge in [0.25, 0.3) is 0 Å². The Morgan fingerprint density at radius 2 is 1.59 bits per heavy atom. The van der Waals surface area contributed by atoms with Crippen LogP contribution in [0.2, 0.25) is 0 Å². The number of hydrogen-bond acceptors (Lipinski definition) is 0. The van der Waals surface area contributed by atoms with E-state index in [4.69, 9.17) is 0 Å². The SMILES string of the molecule is C=C.C=C.C=CCC(C)(C)/C(C)=C/CC1=C(C)C(=C)c2ccccc2C1C.CC. The molecule has 0 bridgehead atoms. The zero-order chi connectivity index (χ0) is 23.2. The van der Waals surface area contributed by atoms with Gasteiger partial charge < -0.3 is 0 Å². The molecule has 0 radical (unpaired) electrons. The second kappa shape index (κ2) is 14.6. The summed E-state index contributed by atoms with van der Waals surface area (Å²) in [7, 11) is 0. The molecular formula is C29H44. The van der Waals surface area contributed by atoms with Crippen molar-refractivity contribution < 1.29 is 0 Å². The van der Waals surface area contributed by atoms with Gasteiger partial charge in [-0.3, -0.25) is 0 Å². The predicted molar refractivity (Wildman–Crippen MR) is 137 cm³/mol. The second-order valence-electron chi connectivity index (χ2n) is 7.41. The van der Waals surface area contributed by atoms with E-state index in [0.29, 0.717) is 5.92 Å². The molecule has 1 aliphatic rings. The summed E-state index contributed by atoms with van der Waals surface area (Å²) in [6.07, 6.45) is 6.44. The Labute approximate surface area is 182 Å². The minimum atomic E-state index is 0.184. The van der Waals surface area contributed by atoms with Crippen molar-refractivity contribution in [1.29, 1.82) is 0 Å². The number of allylic oxidation sites excluding steroid dienone is 6. The maximum atomic E-state index is 4.33. The first-order chi connectivity index (χ1) is 13.8. The number of fused-ring (bicyclic) bond motifs is 1. The third-order valence-electron chi connectivity index (χ3n) is 5.56.